The fourth-order valence-electron chi connectivity index (χ4n) is 4.91. The first-order valence-corrected chi connectivity index (χ1v) is 12.3. The lowest BCUT2D eigenvalue weighted by Crippen LogP contribution is -2.34. The SMILES string of the molecule is COc1ccc(Cn2nnnc2CN(Cc2cc3cc(C)cc(C)c3[nH]c2=O)C[C@H]2CCCO2)cc1. The molecule has 1 saturated heterocycles. The lowest BCUT2D eigenvalue weighted by molar-refractivity contribution is 0.0663. The summed E-state index contributed by atoms with van der Waals surface area (Å²) in [5, 5.41) is 13.5. The van der Waals surface area contributed by atoms with E-state index in [4.69, 9.17) is 9.47 Å². The molecule has 0 saturated carbocycles. The molecule has 2 aromatic heterocycles. The van der Waals surface area contributed by atoms with Gasteiger partial charge in [-0.25, -0.2) is 4.68 Å². The summed E-state index contributed by atoms with van der Waals surface area (Å²) in [6, 6.07) is 14.1. The summed E-state index contributed by atoms with van der Waals surface area (Å²) in [6.07, 6.45) is 2.21. The summed E-state index contributed by atoms with van der Waals surface area (Å²) in [5.74, 6) is 1.55. The van der Waals surface area contributed by atoms with Gasteiger partial charge < -0.3 is 14.5 Å². The van der Waals surface area contributed by atoms with Crippen LogP contribution in [0.3, 0.4) is 0 Å². The van der Waals surface area contributed by atoms with Crippen molar-refractivity contribution in [3.05, 3.63) is 80.9 Å². The van der Waals surface area contributed by atoms with Crippen molar-refractivity contribution in [1.29, 1.82) is 0 Å². The molecule has 1 aliphatic heterocycles. The summed E-state index contributed by atoms with van der Waals surface area (Å²) in [6.45, 7) is 7.12. The zero-order valence-electron chi connectivity index (χ0n) is 21.0. The summed E-state index contributed by atoms with van der Waals surface area (Å²) >= 11 is 0. The third-order valence-corrected chi connectivity index (χ3v) is 6.71. The van der Waals surface area contributed by atoms with Gasteiger partial charge in [-0.2, -0.15) is 0 Å². The normalized spacial score (nSPS) is 15.7. The second-order valence-corrected chi connectivity index (χ2v) is 9.58. The maximum atomic E-state index is 13.0. The molecule has 1 fully saturated rings. The van der Waals surface area contributed by atoms with Gasteiger partial charge >= 0.3 is 0 Å². The lowest BCUT2D eigenvalue weighted by atomic mass is 10.0. The number of tetrazole rings is 1. The van der Waals surface area contributed by atoms with Crippen molar-refractivity contribution in [2.75, 3.05) is 20.3 Å². The number of aromatic nitrogens is 5. The number of aromatic amines is 1. The van der Waals surface area contributed by atoms with Crippen LogP contribution in [0.25, 0.3) is 10.9 Å². The van der Waals surface area contributed by atoms with Crippen LogP contribution in [0.2, 0.25) is 0 Å². The van der Waals surface area contributed by atoms with Crippen molar-refractivity contribution in [3.63, 3.8) is 0 Å². The van der Waals surface area contributed by atoms with Crippen LogP contribution in [0, 0.1) is 13.8 Å². The number of rotatable bonds is 9. The molecule has 0 amide bonds. The molecule has 3 heterocycles. The van der Waals surface area contributed by atoms with Gasteiger partial charge in [0.15, 0.2) is 5.82 Å². The Bertz CT molecular complexity index is 1390. The highest BCUT2D eigenvalue weighted by Crippen LogP contribution is 2.20. The molecule has 1 aliphatic rings. The number of H-pyrrole nitrogens is 1. The molecular formula is C27H32N6O3. The Morgan fingerprint density at radius 3 is 2.75 bits per heavy atom. The molecule has 0 aliphatic carbocycles. The van der Waals surface area contributed by atoms with Crippen LogP contribution in [0.15, 0.2) is 47.3 Å². The van der Waals surface area contributed by atoms with E-state index in [9.17, 15) is 4.79 Å². The van der Waals surface area contributed by atoms with Crippen molar-refractivity contribution >= 4 is 10.9 Å². The summed E-state index contributed by atoms with van der Waals surface area (Å²) in [5.41, 5.74) is 4.87. The van der Waals surface area contributed by atoms with Gasteiger partial charge in [-0.1, -0.05) is 23.8 Å². The topological polar surface area (TPSA) is 98.2 Å². The zero-order chi connectivity index (χ0) is 25.1. The standard InChI is InChI=1S/C27H32N6O3/c1-18-11-19(2)26-21(12-18)13-22(27(34)28-26)15-32(16-24-5-4-10-36-24)17-25-29-30-31-33(25)14-20-6-8-23(35-3)9-7-20/h6-9,11-13,24H,4-5,10,14-17H2,1-3H3,(H,28,34)/t24-/m1/s1. The van der Waals surface area contributed by atoms with Crippen LogP contribution in [-0.4, -0.2) is 56.5 Å². The van der Waals surface area contributed by atoms with Crippen LogP contribution in [-0.2, 0) is 24.4 Å². The van der Waals surface area contributed by atoms with Crippen molar-refractivity contribution in [2.24, 2.45) is 0 Å². The van der Waals surface area contributed by atoms with E-state index in [-0.39, 0.29) is 11.7 Å². The molecule has 4 aromatic rings. The summed E-state index contributed by atoms with van der Waals surface area (Å²) < 4.78 is 13.0. The number of hydrogen-bond donors (Lipinski definition) is 1. The second kappa shape index (κ2) is 10.6. The molecule has 0 unspecified atom stereocenters. The molecular weight excluding hydrogens is 456 g/mol. The smallest absolute Gasteiger partial charge is 0.252 e. The fourth-order valence-corrected chi connectivity index (χ4v) is 4.91. The monoisotopic (exact) mass is 488 g/mol. The first kappa shape index (κ1) is 24.1. The van der Waals surface area contributed by atoms with Crippen molar-refractivity contribution in [2.45, 2.75) is 52.4 Å². The van der Waals surface area contributed by atoms with E-state index in [1.165, 1.54) is 5.56 Å². The van der Waals surface area contributed by atoms with Gasteiger partial charge in [0, 0.05) is 25.3 Å². The molecule has 1 N–H and O–H groups in total. The quantitative estimate of drug-likeness (QED) is 0.386. The van der Waals surface area contributed by atoms with E-state index in [0.29, 0.717) is 26.2 Å². The number of benzene rings is 2. The fraction of sp³-hybridized carbons (Fsp3) is 0.407. The van der Waals surface area contributed by atoms with Crippen LogP contribution in [0.1, 0.15) is 40.9 Å². The number of nitrogens with zero attached hydrogens (tertiary/aromatic N) is 5. The van der Waals surface area contributed by atoms with Crippen LogP contribution in [0.4, 0.5) is 0 Å². The first-order chi connectivity index (χ1) is 17.5. The molecule has 188 valence electrons. The molecule has 0 spiro atoms. The second-order valence-electron chi connectivity index (χ2n) is 9.58. The number of ether oxygens (including phenoxy) is 2. The highest BCUT2D eigenvalue weighted by atomic mass is 16.5. The Hall–Kier alpha value is -3.56. The van der Waals surface area contributed by atoms with Crippen LogP contribution in [0.5, 0.6) is 5.75 Å². The molecule has 5 rings (SSSR count). The third kappa shape index (κ3) is 5.47. The highest BCUT2D eigenvalue weighted by Gasteiger charge is 2.22. The average Bonchev–Trinajstić information content (AvgIpc) is 3.53. The average molecular weight is 489 g/mol. The minimum Gasteiger partial charge on any atom is -0.497 e. The number of nitrogens with one attached hydrogen (secondary N) is 1. The van der Waals surface area contributed by atoms with Gasteiger partial charge in [-0.3, -0.25) is 9.69 Å². The molecule has 9 heteroatoms. The van der Waals surface area contributed by atoms with E-state index in [0.717, 1.165) is 58.6 Å². The van der Waals surface area contributed by atoms with Crippen molar-refractivity contribution in [3.8, 4) is 5.75 Å². The van der Waals surface area contributed by atoms with E-state index in [1.54, 1.807) is 7.11 Å². The van der Waals surface area contributed by atoms with Gasteiger partial charge in [-0.15, -0.1) is 5.10 Å². The van der Waals surface area contributed by atoms with Crippen molar-refractivity contribution < 1.29 is 9.47 Å². The van der Waals surface area contributed by atoms with Crippen LogP contribution < -0.4 is 10.3 Å². The number of aryl methyl sites for hydroxylation is 2. The Balaban J connectivity index is 1.40. The summed E-state index contributed by atoms with van der Waals surface area (Å²) in [4.78, 5) is 18.3. The molecule has 9 nitrogen and oxygen atoms in total. The van der Waals surface area contributed by atoms with E-state index < -0.39 is 0 Å². The minimum atomic E-state index is -0.0652. The van der Waals surface area contributed by atoms with Crippen molar-refractivity contribution in [1.82, 2.24) is 30.1 Å². The van der Waals surface area contributed by atoms with E-state index in [2.05, 4.69) is 44.5 Å². The minimum absolute atomic E-state index is 0.0652. The Morgan fingerprint density at radius 1 is 1.17 bits per heavy atom. The maximum Gasteiger partial charge on any atom is 0.252 e. The molecule has 0 radical (unpaired) electrons. The predicted octanol–water partition coefficient (Wildman–Crippen LogP) is 3.37. The van der Waals surface area contributed by atoms with Gasteiger partial charge in [0.25, 0.3) is 5.56 Å². The number of fused-ring (bicyclic) bond motifs is 1. The van der Waals surface area contributed by atoms with Gasteiger partial charge in [0.1, 0.15) is 5.75 Å². The zero-order valence-corrected chi connectivity index (χ0v) is 21.0. The molecule has 0 bridgehead atoms. The Kier molecular flexibility index (Phi) is 7.11. The molecule has 36 heavy (non-hydrogen) atoms. The highest BCUT2D eigenvalue weighted by molar-refractivity contribution is 5.82. The Labute approximate surface area is 210 Å². The van der Waals surface area contributed by atoms with Gasteiger partial charge in [-0.05, 0) is 77.9 Å². The van der Waals surface area contributed by atoms with Gasteiger partial charge in [0.05, 0.1) is 31.8 Å². The maximum absolute atomic E-state index is 13.0. The van der Waals surface area contributed by atoms with E-state index in [1.807, 2.05) is 41.9 Å². The largest absolute Gasteiger partial charge is 0.497 e. The first-order valence-electron chi connectivity index (χ1n) is 12.3. The van der Waals surface area contributed by atoms with Gasteiger partial charge in [0.2, 0.25) is 0 Å². The Morgan fingerprint density at radius 2 is 2.00 bits per heavy atom. The van der Waals surface area contributed by atoms with E-state index >= 15 is 0 Å². The third-order valence-electron chi connectivity index (χ3n) is 6.71. The number of hydrogen-bond acceptors (Lipinski definition) is 7. The van der Waals surface area contributed by atoms with Crippen LogP contribution >= 0.6 is 0 Å². The number of pyridine rings is 1. The molecule has 2 aromatic carbocycles. The number of methoxy groups -OCH3 is 1. The lowest BCUT2D eigenvalue weighted by Gasteiger charge is -2.24. The summed E-state index contributed by atoms with van der Waals surface area (Å²) in [7, 11) is 1.65. The molecule has 1 atom stereocenters. The predicted molar refractivity (Wildman–Crippen MR) is 137 cm³/mol.